The maximum Gasteiger partial charge on any atom is 0.211 e. The molecule has 3 rings (SSSR count). The van der Waals surface area contributed by atoms with Crippen molar-refractivity contribution in [2.75, 3.05) is 0 Å². The summed E-state index contributed by atoms with van der Waals surface area (Å²) >= 11 is 0. The lowest BCUT2D eigenvalue weighted by atomic mass is 10.2. The predicted molar refractivity (Wildman–Crippen MR) is 85.7 cm³/mol. The monoisotopic (exact) mass is 349 g/mol. The molecule has 3 aromatic rings. The van der Waals surface area contributed by atoms with Crippen LogP contribution in [0.5, 0.6) is 0 Å². The van der Waals surface area contributed by atoms with Gasteiger partial charge in [-0.1, -0.05) is 12.1 Å². The van der Waals surface area contributed by atoms with Gasteiger partial charge in [0.2, 0.25) is 15.3 Å². The first-order chi connectivity index (χ1) is 11.2. The number of nitrogens with zero attached hydrogens (tertiary/aromatic N) is 1. The first-order valence-electron chi connectivity index (χ1n) is 7.02. The van der Waals surface area contributed by atoms with Gasteiger partial charge < -0.3 is 4.57 Å². The molecule has 7 heteroatoms. The van der Waals surface area contributed by atoms with E-state index in [-0.39, 0.29) is 15.8 Å². The molecule has 1 heterocycles. The molecule has 0 bridgehead atoms. The Bertz CT molecular complexity index is 1130. The summed E-state index contributed by atoms with van der Waals surface area (Å²) < 4.78 is 53.7. The van der Waals surface area contributed by atoms with Crippen molar-refractivity contribution in [3.63, 3.8) is 0 Å². The van der Waals surface area contributed by atoms with Crippen LogP contribution in [0.2, 0.25) is 0 Å². The number of pyridine rings is 1. The summed E-state index contributed by atoms with van der Waals surface area (Å²) in [6, 6.07) is 7.73. The van der Waals surface area contributed by atoms with Gasteiger partial charge in [0.25, 0.3) is 0 Å². The van der Waals surface area contributed by atoms with E-state index in [0.29, 0.717) is 0 Å². The van der Waals surface area contributed by atoms with Gasteiger partial charge in [0.15, 0.2) is 11.6 Å². The second kappa shape index (κ2) is 5.52. The molecule has 0 fully saturated rings. The Morgan fingerprint density at radius 2 is 1.71 bits per heavy atom. The van der Waals surface area contributed by atoms with Gasteiger partial charge in [0.05, 0.1) is 15.8 Å². The topological polar surface area (TPSA) is 56.1 Å². The van der Waals surface area contributed by atoms with Gasteiger partial charge in [-0.2, -0.15) is 0 Å². The Hall–Kier alpha value is -2.54. The van der Waals surface area contributed by atoms with Crippen molar-refractivity contribution in [1.82, 2.24) is 4.57 Å². The van der Waals surface area contributed by atoms with Crippen LogP contribution in [0.25, 0.3) is 10.9 Å². The Balaban J connectivity index is 2.37. The molecule has 1 aromatic heterocycles. The largest absolute Gasteiger partial charge is 0.349 e. The zero-order valence-electron chi connectivity index (χ0n) is 12.9. The van der Waals surface area contributed by atoms with Crippen molar-refractivity contribution in [3.8, 4) is 0 Å². The summed E-state index contributed by atoms with van der Waals surface area (Å²) in [5, 5.41) is -0.190. The zero-order chi connectivity index (χ0) is 17.6. The van der Waals surface area contributed by atoms with Crippen molar-refractivity contribution in [1.29, 1.82) is 0 Å². The van der Waals surface area contributed by atoms with Crippen LogP contribution in [0.3, 0.4) is 0 Å². The fourth-order valence-corrected chi connectivity index (χ4v) is 4.05. The number of rotatable bonds is 2. The minimum Gasteiger partial charge on any atom is -0.349 e. The van der Waals surface area contributed by atoms with Gasteiger partial charge in [-0.15, -0.1) is 0 Å². The van der Waals surface area contributed by atoms with Crippen molar-refractivity contribution in [2.24, 2.45) is 7.05 Å². The van der Waals surface area contributed by atoms with Crippen LogP contribution in [-0.4, -0.2) is 13.0 Å². The average Bonchev–Trinajstić information content (AvgIpc) is 2.52. The highest BCUT2D eigenvalue weighted by molar-refractivity contribution is 7.91. The maximum absolute atomic E-state index is 13.5. The van der Waals surface area contributed by atoms with Crippen molar-refractivity contribution in [2.45, 2.75) is 16.7 Å². The molecule has 0 aliphatic heterocycles. The van der Waals surface area contributed by atoms with Gasteiger partial charge in [-0.3, -0.25) is 4.79 Å². The maximum atomic E-state index is 13.5. The molecule has 0 radical (unpaired) electrons. The Morgan fingerprint density at radius 3 is 2.38 bits per heavy atom. The first kappa shape index (κ1) is 16.3. The predicted octanol–water partition coefficient (Wildman–Crippen LogP) is 2.96. The van der Waals surface area contributed by atoms with Crippen molar-refractivity contribution in [3.05, 3.63) is 70.0 Å². The lowest BCUT2D eigenvalue weighted by Gasteiger charge is -2.10. The molecular weight excluding hydrogens is 336 g/mol. The SMILES string of the molecule is Cc1cccc(S(=O)(=O)c2cn(C)c3cc(F)c(F)cc3c2=O)c1. The van der Waals surface area contributed by atoms with Crippen LogP contribution in [0.15, 0.2) is 57.2 Å². The van der Waals surface area contributed by atoms with Crippen molar-refractivity contribution < 1.29 is 17.2 Å². The van der Waals surface area contributed by atoms with Gasteiger partial charge in [-0.05, 0) is 30.7 Å². The van der Waals surface area contributed by atoms with E-state index < -0.39 is 31.8 Å². The smallest absolute Gasteiger partial charge is 0.211 e. The summed E-state index contributed by atoms with van der Waals surface area (Å²) in [4.78, 5) is 12.1. The molecule has 0 saturated heterocycles. The molecule has 0 unspecified atom stereocenters. The molecular formula is C17H13F2NO3S. The number of halogens is 2. The molecule has 0 aliphatic rings. The molecule has 24 heavy (non-hydrogen) atoms. The minimum atomic E-state index is -4.08. The molecule has 0 saturated carbocycles. The molecule has 0 amide bonds. The molecule has 0 atom stereocenters. The van der Waals surface area contributed by atoms with E-state index in [0.717, 1.165) is 23.9 Å². The Morgan fingerprint density at radius 1 is 1.04 bits per heavy atom. The zero-order valence-corrected chi connectivity index (χ0v) is 13.7. The number of hydrogen-bond donors (Lipinski definition) is 0. The van der Waals surface area contributed by atoms with E-state index in [1.54, 1.807) is 19.1 Å². The fourth-order valence-electron chi connectivity index (χ4n) is 2.55. The standard InChI is InChI=1S/C17H13F2NO3S/c1-10-4-3-5-11(6-10)24(22,23)16-9-20(2)15-8-14(19)13(18)7-12(15)17(16)21/h3-9H,1-2H3. The second-order valence-corrected chi connectivity index (χ2v) is 7.45. The third-order valence-corrected chi connectivity index (χ3v) is 5.53. The highest BCUT2D eigenvalue weighted by Gasteiger charge is 2.24. The Labute approximate surface area is 136 Å². The molecule has 0 spiro atoms. The average molecular weight is 349 g/mol. The van der Waals surface area contributed by atoms with E-state index >= 15 is 0 Å². The molecule has 0 N–H and O–H groups in total. The van der Waals surface area contributed by atoms with Crippen LogP contribution in [0, 0.1) is 18.6 Å². The third kappa shape index (κ3) is 2.50. The van der Waals surface area contributed by atoms with Crippen LogP contribution in [0.4, 0.5) is 8.78 Å². The van der Waals surface area contributed by atoms with Crippen LogP contribution in [-0.2, 0) is 16.9 Å². The summed E-state index contributed by atoms with van der Waals surface area (Å²) in [7, 11) is -2.61. The summed E-state index contributed by atoms with van der Waals surface area (Å²) in [6.45, 7) is 1.73. The van der Waals surface area contributed by atoms with Crippen LogP contribution < -0.4 is 5.43 Å². The second-order valence-electron chi connectivity index (χ2n) is 5.54. The number of aryl methyl sites for hydroxylation is 2. The van der Waals surface area contributed by atoms with E-state index in [9.17, 15) is 22.0 Å². The molecule has 2 aromatic carbocycles. The van der Waals surface area contributed by atoms with E-state index in [1.807, 2.05) is 0 Å². The van der Waals surface area contributed by atoms with Crippen LogP contribution >= 0.6 is 0 Å². The number of sulfone groups is 1. The first-order valence-corrected chi connectivity index (χ1v) is 8.50. The number of hydrogen-bond acceptors (Lipinski definition) is 3. The molecule has 4 nitrogen and oxygen atoms in total. The lowest BCUT2D eigenvalue weighted by Crippen LogP contribution is -2.19. The normalized spacial score (nSPS) is 11.8. The van der Waals surface area contributed by atoms with E-state index in [1.165, 1.54) is 23.7 Å². The minimum absolute atomic E-state index is 0.0264. The molecule has 124 valence electrons. The number of fused-ring (bicyclic) bond motifs is 1. The van der Waals surface area contributed by atoms with Gasteiger partial charge in [0.1, 0.15) is 4.90 Å². The number of benzene rings is 2. The fraction of sp³-hybridized carbons (Fsp3) is 0.118. The summed E-state index contributed by atoms with van der Waals surface area (Å²) in [5.41, 5.74) is -0.0209. The van der Waals surface area contributed by atoms with E-state index in [4.69, 9.17) is 0 Å². The van der Waals surface area contributed by atoms with Gasteiger partial charge in [0, 0.05) is 19.3 Å². The van der Waals surface area contributed by atoms with Gasteiger partial charge in [-0.25, -0.2) is 17.2 Å². The third-order valence-electron chi connectivity index (χ3n) is 3.79. The lowest BCUT2D eigenvalue weighted by molar-refractivity contribution is 0.510. The van der Waals surface area contributed by atoms with E-state index in [2.05, 4.69) is 0 Å². The van der Waals surface area contributed by atoms with Crippen molar-refractivity contribution >= 4 is 20.7 Å². The Kier molecular flexibility index (Phi) is 3.76. The van der Waals surface area contributed by atoms with Gasteiger partial charge >= 0.3 is 0 Å². The summed E-state index contributed by atoms with van der Waals surface area (Å²) in [5.74, 6) is -2.31. The molecule has 0 aliphatic carbocycles. The number of aromatic nitrogens is 1. The van der Waals surface area contributed by atoms with Crippen LogP contribution in [0.1, 0.15) is 5.56 Å². The highest BCUT2D eigenvalue weighted by Crippen LogP contribution is 2.22. The summed E-state index contributed by atoms with van der Waals surface area (Å²) in [6.07, 6.45) is 1.12. The quantitative estimate of drug-likeness (QED) is 0.715. The highest BCUT2D eigenvalue weighted by atomic mass is 32.2.